The standard InChI is InChI=1S/C6H5ClN2/c1-2-5-3-8-4-9-6(5)7/h2-4H,1H2. The topological polar surface area (TPSA) is 25.8 Å². The molecule has 0 aliphatic rings. The number of nitrogens with zero attached hydrogens (tertiary/aromatic N) is 2. The Balaban J connectivity index is 3.15. The van der Waals surface area contributed by atoms with E-state index in [2.05, 4.69) is 16.5 Å². The van der Waals surface area contributed by atoms with Gasteiger partial charge in [0.1, 0.15) is 11.5 Å². The van der Waals surface area contributed by atoms with E-state index in [1.165, 1.54) is 6.33 Å². The summed E-state index contributed by atoms with van der Waals surface area (Å²) < 4.78 is 0. The van der Waals surface area contributed by atoms with Crippen molar-refractivity contribution in [3.05, 3.63) is 29.8 Å². The summed E-state index contributed by atoms with van der Waals surface area (Å²) in [5.41, 5.74) is 0.763. The Morgan fingerprint density at radius 2 is 2.44 bits per heavy atom. The molecule has 9 heavy (non-hydrogen) atoms. The second-order valence-corrected chi connectivity index (χ2v) is 1.83. The first-order valence-electron chi connectivity index (χ1n) is 2.42. The van der Waals surface area contributed by atoms with Gasteiger partial charge in [-0.15, -0.1) is 0 Å². The van der Waals surface area contributed by atoms with Crippen LogP contribution in [0.4, 0.5) is 0 Å². The molecule has 0 saturated carbocycles. The highest BCUT2D eigenvalue weighted by Crippen LogP contribution is 2.09. The molecule has 0 radical (unpaired) electrons. The second kappa shape index (κ2) is 2.60. The van der Waals surface area contributed by atoms with E-state index in [0.29, 0.717) is 5.15 Å². The number of aromatic nitrogens is 2. The molecular formula is C6H5ClN2. The highest BCUT2D eigenvalue weighted by atomic mass is 35.5. The van der Waals surface area contributed by atoms with E-state index in [0.717, 1.165) is 5.56 Å². The molecule has 0 atom stereocenters. The van der Waals surface area contributed by atoms with Crippen molar-refractivity contribution in [1.82, 2.24) is 9.97 Å². The van der Waals surface area contributed by atoms with Crippen molar-refractivity contribution in [3.63, 3.8) is 0 Å². The van der Waals surface area contributed by atoms with Crippen LogP contribution in [0.1, 0.15) is 5.56 Å². The van der Waals surface area contributed by atoms with Gasteiger partial charge in [0.2, 0.25) is 0 Å². The molecule has 1 heterocycles. The third-order valence-corrected chi connectivity index (χ3v) is 1.23. The third-order valence-electron chi connectivity index (χ3n) is 0.909. The van der Waals surface area contributed by atoms with Gasteiger partial charge in [-0.1, -0.05) is 24.3 Å². The van der Waals surface area contributed by atoms with Crippen LogP contribution in [0.2, 0.25) is 5.15 Å². The molecule has 3 heteroatoms. The fraction of sp³-hybridized carbons (Fsp3) is 0. The Kier molecular flexibility index (Phi) is 1.80. The summed E-state index contributed by atoms with van der Waals surface area (Å²) >= 11 is 5.60. The molecule has 0 fully saturated rings. The lowest BCUT2D eigenvalue weighted by atomic mass is 10.3. The molecule has 0 bridgehead atoms. The van der Waals surface area contributed by atoms with Crippen LogP contribution >= 0.6 is 11.6 Å². The molecule has 1 aromatic rings. The van der Waals surface area contributed by atoms with Gasteiger partial charge in [0.25, 0.3) is 0 Å². The summed E-state index contributed by atoms with van der Waals surface area (Å²) in [6.07, 6.45) is 4.62. The van der Waals surface area contributed by atoms with Crippen molar-refractivity contribution in [2.75, 3.05) is 0 Å². The van der Waals surface area contributed by atoms with E-state index in [9.17, 15) is 0 Å². The molecule has 0 N–H and O–H groups in total. The average Bonchev–Trinajstić information content (AvgIpc) is 1.89. The minimum absolute atomic E-state index is 0.444. The molecule has 0 unspecified atom stereocenters. The van der Waals surface area contributed by atoms with Crippen molar-refractivity contribution < 1.29 is 0 Å². The molecule has 46 valence electrons. The zero-order valence-corrected chi connectivity index (χ0v) is 5.47. The van der Waals surface area contributed by atoms with Gasteiger partial charge in [-0.3, -0.25) is 0 Å². The molecule has 1 rings (SSSR count). The van der Waals surface area contributed by atoms with E-state index in [4.69, 9.17) is 11.6 Å². The molecule has 0 saturated heterocycles. The van der Waals surface area contributed by atoms with Crippen molar-refractivity contribution in [3.8, 4) is 0 Å². The number of hydrogen-bond donors (Lipinski definition) is 0. The van der Waals surface area contributed by atoms with Gasteiger partial charge in [0, 0.05) is 11.8 Å². The maximum Gasteiger partial charge on any atom is 0.139 e. The Hall–Kier alpha value is -0.890. The Labute approximate surface area is 58.2 Å². The van der Waals surface area contributed by atoms with Crippen LogP contribution in [0, 0.1) is 0 Å². The van der Waals surface area contributed by atoms with Gasteiger partial charge in [-0.2, -0.15) is 0 Å². The Morgan fingerprint density at radius 1 is 1.67 bits per heavy atom. The predicted molar refractivity (Wildman–Crippen MR) is 37.1 cm³/mol. The SMILES string of the molecule is C=Cc1cncnc1Cl. The minimum Gasteiger partial charge on any atom is -0.244 e. The summed E-state index contributed by atoms with van der Waals surface area (Å²) in [6, 6.07) is 0. The van der Waals surface area contributed by atoms with E-state index in [1.54, 1.807) is 12.3 Å². The van der Waals surface area contributed by atoms with Gasteiger partial charge in [-0.05, 0) is 0 Å². The molecular weight excluding hydrogens is 136 g/mol. The van der Waals surface area contributed by atoms with Gasteiger partial charge < -0.3 is 0 Å². The van der Waals surface area contributed by atoms with Crippen LogP contribution in [-0.2, 0) is 0 Å². The maximum atomic E-state index is 5.60. The molecule has 0 amide bonds. The van der Waals surface area contributed by atoms with E-state index in [-0.39, 0.29) is 0 Å². The van der Waals surface area contributed by atoms with Crippen molar-refractivity contribution in [2.45, 2.75) is 0 Å². The summed E-state index contributed by atoms with van der Waals surface area (Å²) in [6.45, 7) is 3.53. The lowest BCUT2D eigenvalue weighted by Gasteiger charge is -1.90. The zero-order valence-electron chi connectivity index (χ0n) is 4.71. The first kappa shape index (κ1) is 6.23. The van der Waals surface area contributed by atoms with Crippen LogP contribution in [0.3, 0.4) is 0 Å². The minimum atomic E-state index is 0.444. The van der Waals surface area contributed by atoms with Crippen LogP contribution in [0.15, 0.2) is 19.1 Å². The number of halogens is 1. The largest absolute Gasteiger partial charge is 0.244 e. The third kappa shape index (κ3) is 1.27. The molecule has 1 aromatic heterocycles. The smallest absolute Gasteiger partial charge is 0.139 e. The van der Waals surface area contributed by atoms with Crippen molar-refractivity contribution >= 4 is 17.7 Å². The van der Waals surface area contributed by atoms with E-state index < -0.39 is 0 Å². The fourth-order valence-electron chi connectivity index (χ4n) is 0.462. The predicted octanol–water partition coefficient (Wildman–Crippen LogP) is 1.77. The molecule has 0 spiro atoms. The monoisotopic (exact) mass is 140 g/mol. The molecule has 0 aromatic carbocycles. The summed E-state index contributed by atoms with van der Waals surface area (Å²) in [4.78, 5) is 7.48. The molecule has 0 aliphatic carbocycles. The first-order valence-corrected chi connectivity index (χ1v) is 2.80. The molecule has 2 nitrogen and oxygen atoms in total. The van der Waals surface area contributed by atoms with Crippen LogP contribution in [0.5, 0.6) is 0 Å². The Morgan fingerprint density at radius 3 is 2.89 bits per heavy atom. The number of hydrogen-bond acceptors (Lipinski definition) is 2. The van der Waals surface area contributed by atoms with Crippen LogP contribution in [-0.4, -0.2) is 9.97 Å². The van der Waals surface area contributed by atoms with Gasteiger partial charge in [0.05, 0.1) is 0 Å². The van der Waals surface area contributed by atoms with Gasteiger partial charge in [-0.25, -0.2) is 9.97 Å². The number of rotatable bonds is 1. The fourth-order valence-corrected chi connectivity index (χ4v) is 0.632. The van der Waals surface area contributed by atoms with Gasteiger partial charge in [0.15, 0.2) is 0 Å². The summed E-state index contributed by atoms with van der Waals surface area (Å²) in [7, 11) is 0. The lowest BCUT2D eigenvalue weighted by Crippen LogP contribution is -1.80. The van der Waals surface area contributed by atoms with E-state index in [1.807, 2.05) is 0 Å². The highest BCUT2D eigenvalue weighted by molar-refractivity contribution is 6.30. The normalized spacial score (nSPS) is 9.00. The second-order valence-electron chi connectivity index (χ2n) is 1.47. The quantitative estimate of drug-likeness (QED) is 0.556. The Bertz CT molecular complexity index is 222. The first-order chi connectivity index (χ1) is 4.34. The van der Waals surface area contributed by atoms with Gasteiger partial charge >= 0.3 is 0 Å². The lowest BCUT2D eigenvalue weighted by molar-refractivity contribution is 1.16. The summed E-state index contributed by atoms with van der Waals surface area (Å²) in [5, 5.41) is 0.444. The maximum absolute atomic E-state index is 5.60. The van der Waals surface area contributed by atoms with Crippen LogP contribution in [0.25, 0.3) is 6.08 Å². The molecule has 0 aliphatic heterocycles. The van der Waals surface area contributed by atoms with Crippen molar-refractivity contribution in [2.24, 2.45) is 0 Å². The van der Waals surface area contributed by atoms with Crippen LogP contribution < -0.4 is 0 Å². The van der Waals surface area contributed by atoms with Crippen molar-refractivity contribution in [1.29, 1.82) is 0 Å². The summed E-state index contributed by atoms with van der Waals surface area (Å²) in [5.74, 6) is 0. The zero-order chi connectivity index (χ0) is 6.69. The highest BCUT2D eigenvalue weighted by Gasteiger charge is 1.92. The van der Waals surface area contributed by atoms with E-state index >= 15 is 0 Å². The average molecular weight is 141 g/mol.